The zero-order valence-electron chi connectivity index (χ0n) is 9.62. The Bertz CT molecular complexity index is 452. The molecule has 1 aliphatic carbocycles. The molecule has 1 aromatic heterocycles. The van der Waals surface area contributed by atoms with Crippen LogP contribution in [-0.2, 0) is 27.1 Å². The molecule has 0 saturated carbocycles. The number of anilines is 1. The van der Waals surface area contributed by atoms with Gasteiger partial charge in [0, 0.05) is 24.6 Å². The summed E-state index contributed by atoms with van der Waals surface area (Å²) in [6.07, 6.45) is 2.45. The number of carbonyl (C=O) groups excluding carboxylic acids is 1. The van der Waals surface area contributed by atoms with Crippen LogP contribution in [0.25, 0.3) is 0 Å². The maximum atomic E-state index is 11.0. The minimum atomic E-state index is -0.424. The predicted molar refractivity (Wildman–Crippen MR) is 63.1 cm³/mol. The number of aromatic nitrogens is 1. The van der Waals surface area contributed by atoms with Gasteiger partial charge in [-0.2, -0.15) is 0 Å². The maximum absolute atomic E-state index is 11.0. The van der Waals surface area contributed by atoms with Gasteiger partial charge >= 0.3 is 0 Å². The number of hydrogen-bond acceptors (Lipinski definition) is 5. The van der Waals surface area contributed by atoms with E-state index in [1.165, 1.54) is 23.1 Å². The van der Waals surface area contributed by atoms with Crippen LogP contribution in [0.5, 0.6) is 0 Å². The molecule has 0 aromatic carbocycles. The Morgan fingerprint density at radius 3 is 2.94 bits per heavy atom. The lowest BCUT2D eigenvalue weighted by molar-refractivity contribution is -0.163. The summed E-state index contributed by atoms with van der Waals surface area (Å²) in [4.78, 5) is 16.6. The van der Waals surface area contributed by atoms with Crippen LogP contribution in [-0.4, -0.2) is 29.9 Å². The Hall–Kier alpha value is -0.980. The third-order valence-electron chi connectivity index (χ3n) is 3.05. The molecule has 0 unspecified atom stereocenters. The van der Waals surface area contributed by atoms with Crippen molar-refractivity contribution in [1.82, 2.24) is 4.98 Å². The molecule has 1 aliphatic heterocycles. The Balaban J connectivity index is 1.82. The number of thiazole rings is 1. The minimum Gasteiger partial charge on any atom is -0.347 e. The highest BCUT2D eigenvalue weighted by atomic mass is 32.1. The number of amides is 1. The first-order chi connectivity index (χ1) is 8.17. The standard InChI is InChI=1S/C11H14N2O3S/c1-7(14)12-10-13-8-2-3-11(6-9(8)17-10)15-4-5-16-11/h2-6H2,1H3,(H,12,13,14). The molecule has 1 aromatic rings. The van der Waals surface area contributed by atoms with Crippen LogP contribution >= 0.6 is 11.3 Å². The Labute approximate surface area is 103 Å². The van der Waals surface area contributed by atoms with Gasteiger partial charge in [-0.3, -0.25) is 4.79 Å². The normalized spacial score (nSPS) is 21.5. The van der Waals surface area contributed by atoms with E-state index in [1.54, 1.807) is 0 Å². The lowest BCUT2D eigenvalue weighted by Gasteiger charge is -2.30. The minimum absolute atomic E-state index is 0.0841. The van der Waals surface area contributed by atoms with E-state index >= 15 is 0 Å². The van der Waals surface area contributed by atoms with Crippen LogP contribution in [0.4, 0.5) is 5.13 Å². The van der Waals surface area contributed by atoms with Crippen molar-refractivity contribution in [3.63, 3.8) is 0 Å². The summed E-state index contributed by atoms with van der Waals surface area (Å²) in [5, 5.41) is 3.41. The van der Waals surface area contributed by atoms with Crippen molar-refractivity contribution in [2.75, 3.05) is 18.5 Å². The molecular weight excluding hydrogens is 240 g/mol. The van der Waals surface area contributed by atoms with Gasteiger partial charge in [-0.15, -0.1) is 11.3 Å². The second-order valence-electron chi connectivity index (χ2n) is 4.35. The first-order valence-corrected chi connectivity index (χ1v) is 6.53. The molecule has 1 fully saturated rings. The predicted octanol–water partition coefficient (Wildman–Crippen LogP) is 1.33. The topological polar surface area (TPSA) is 60.5 Å². The molecular formula is C11H14N2O3S. The van der Waals surface area contributed by atoms with Gasteiger partial charge in [0.15, 0.2) is 10.9 Å². The molecule has 1 saturated heterocycles. The van der Waals surface area contributed by atoms with Gasteiger partial charge in [0.25, 0.3) is 0 Å². The summed E-state index contributed by atoms with van der Waals surface area (Å²) in [5.41, 5.74) is 1.07. The van der Waals surface area contributed by atoms with E-state index in [0.717, 1.165) is 25.0 Å². The van der Waals surface area contributed by atoms with Crippen molar-refractivity contribution < 1.29 is 14.3 Å². The Morgan fingerprint density at radius 2 is 2.24 bits per heavy atom. The van der Waals surface area contributed by atoms with Gasteiger partial charge in [-0.1, -0.05) is 0 Å². The van der Waals surface area contributed by atoms with Crippen LogP contribution in [0, 0.1) is 0 Å². The van der Waals surface area contributed by atoms with Crippen molar-refractivity contribution in [1.29, 1.82) is 0 Å². The molecule has 1 spiro atoms. The highest BCUT2D eigenvalue weighted by Gasteiger charge is 2.41. The van der Waals surface area contributed by atoms with Crippen molar-refractivity contribution in [2.45, 2.75) is 32.0 Å². The van der Waals surface area contributed by atoms with Crippen molar-refractivity contribution in [3.05, 3.63) is 10.6 Å². The van der Waals surface area contributed by atoms with Gasteiger partial charge in [0.2, 0.25) is 5.91 Å². The molecule has 3 rings (SSSR count). The first kappa shape index (κ1) is 11.1. The Kier molecular flexibility index (Phi) is 2.65. The van der Waals surface area contributed by atoms with Gasteiger partial charge in [0.05, 0.1) is 18.9 Å². The SMILES string of the molecule is CC(=O)Nc1nc2c(s1)CC1(CC2)OCCO1. The van der Waals surface area contributed by atoms with Crippen molar-refractivity contribution >= 4 is 22.4 Å². The summed E-state index contributed by atoms with van der Waals surface area (Å²) in [5.74, 6) is -0.508. The van der Waals surface area contributed by atoms with Gasteiger partial charge in [0.1, 0.15) is 0 Å². The third kappa shape index (κ3) is 2.08. The lowest BCUT2D eigenvalue weighted by atomic mass is 9.96. The summed E-state index contributed by atoms with van der Waals surface area (Å²) >= 11 is 1.52. The fraction of sp³-hybridized carbons (Fsp3) is 0.636. The highest BCUT2D eigenvalue weighted by Crippen LogP contribution is 2.38. The molecule has 0 atom stereocenters. The first-order valence-electron chi connectivity index (χ1n) is 5.71. The second-order valence-corrected chi connectivity index (χ2v) is 5.44. The smallest absolute Gasteiger partial charge is 0.223 e. The number of hydrogen-bond donors (Lipinski definition) is 1. The summed E-state index contributed by atoms with van der Waals surface area (Å²) in [6.45, 7) is 2.84. The van der Waals surface area contributed by atoms with E-state index in [9.17, 15) is 4.79 Å². The molecule has 17 heavy (non-hydrogen) atoms. The zero-order valence-corrected chi connectivity index (χ0v) is 10.4. The highest BCUT2D eigenvalue weighted by molar-refractivity contribution is 7.15. The third-order valence-corrected chi connectivity index (χ3v) is 4.06. The monoisotopic (exact) mass is 254 g/mol. The number of rotatable bonds is 1. The fourth-order valence-electron chi connectivity index (χ4n) is 2.31. The second kappa shape index (κ2) is 4.04. The van der Waals surface area contributed by atoms with Crippen LogP contribution in [0.3, 0.4) is 0 Å². The number of nitrogens with zero attached hydrogens (tertiary/aromatic N) is 1. The molecule has 6 heteroatoms. The van der Waals surface area contributed by atoms with Crippen LogP contribution in [0.1, 0.15) is 23.9 Å². The van der Waals surface area contributed by atoms with E-state index in [0.29, 0.717) is 18.3 Å². The maximum Gasteiger partial charge on any atom is 0.223 e. The van der Waals surface area contributed by atoms with Gasteiger partial charge < -0.3 is 14.8 Å². The lowest BCUT2D eigenvalue weighted by Crippen LogP contribution is -2.36. The molecule has 2 aliphatic rings. The van der Waals surface area contributed by atoms with Crippen LogP contribution in [0.15, 0.2) is 0 Å². The number of aryl methyl sites for hydroxylation is 1. The van der Waals surface area contributed by atoms with E-state index < -0.39 is 5.79 Å². The quantitative estimate of drug-likeness (QED) is 0.821. The summed E-state index contributed by atoms with van der Waals surface area (Å²) in [7, 11) is 0. The molecule has 0 bridgehead atoms. The number of fused-ring (bicyclic) bond motifs is 1. The van der Waals surface area contributed by atoms with E-state index in [4.69, 9.17) is 9.47 Å². The van der Waals surface area contributed by atoms with E-state index in [1.807, 2.05) is 0 Å². The molecule has 0 radical (unpaired) electrons. The summed E-state index contributed by atoms with van der Waals surface area (Å²) < 4.78 is 11.4. The van der Waals surface area contributed by atoms with E-state index in [-0.39, 0.29) is 5.91 Å². The fourth-order valence-corrected chi connectivity index (χ4v) is 3.45. The molecule has 1 amide bonds. The van der Waals surface area contributed by atoms with Crippen molar-refractivity contribution in [2.24, 2.45) is 0 Å². The zero-order chi connectivity index (χ0) is 11.9. The van der Waals surface area contributed by atoms with Gasteiger partial charge in [-0.25, -0.2) is 4.98 Å². The van der Waals surface area contributed by atoms with Gasteiger partial charge in [-0.05, 0) is 6.42 Å². The van der Waals surface area contributed by atoms with E-state index in [2.05, 4.69) is 10.3 Å². The summed E-state index contributed by atoms with van der Waals surface area (Å²) in [6, 6.07) is 0. The number of ether oxygens (including phenoxy) is 2. The molecule has 92 valence electrons. The number of nitrogens with one attached hydrogen (secondary N) is 1. The van der Waals surface area contributed by atoms with Crippen LogP contribution < -0.4 is 5.32 Å². The van der Waals surface area contributed by atoms with Crippen molar-refractivity contribution in [3.8, 4) is 0 Å². The van der Waals surface area contributed by atoms with Crippen LogP contribution in [0.2, 0.25) is 0 Å². The average molecular weight is 254 g/mol. The number of carbonyl (C=O) groups is 1. The average Bonchev–Trinajstić information content (AvgIpc) is 2.84. The molecule has 5 nitrogen and oxygen atoms in total. The molecule has 2 heterocycles. The molecule has 1 N–H and O–H groups in total. The Morgan fingerprint density at radius 1 is 1.47 bits per heavy atom. The largest absolute Gasteiger partial charge is 0.347 e.